The van der Waals surface area contributed by atoms with Crippen molar-refractivity contribution in [3.63, 3.8) is 0 Å². The van der Waals surface area contributed by atoms with Gasteiger partial charge in [0, 0.05) is 25.3 Å². The third-order valence-electron chi connectivity index (χ3n) is 2.59. The highest BCUT2D eigenvalue weighted by Gasteiger charge is 2.18. The van der Waals surface area contributed by atoms with Crippen LogP contribution in [0.4, 0.5) is 0 Å². The Bertz CT molecular complexity index is 285. The molecule has 4 nitrogen and oxygen atoms in total. The van der Waals surface area contributed by atoms with Crippen LogP contribution in [0.1, 0.15) is 18.2 Å². The monoisotopic (exact) mass is 207 g/mol. The molecule has 0 bridgehead atoms. The van der Waals surface area contributed by atoms with Gasteiger partial charge in [-0.1, -0.05) is 6.07 Å². The molecule has 0 aromatic carbocycles. The highest BCUT2D eigenvalue weighted by molar-refractivity contribution is 5.08. The number of nitrogens with two attached hydrogens (primary N) is 1. The summed E-state index contributed by atoms with van der Waals surface area (Å²) in [6.45, 7) is 2.61. The molecule has 0 spiro atoms. The lowest BCUT2D eigenvalue weighted by atomic mass is 10.1. The summed E-state index contributed by atoms with van der Waals surface area (Å²) >= 11 is 0. The van der Waals surface area contributed by atoms with Gasteiger partial charge in [0.1, 0.15) is 0 Å². The van der Waals surface area contributed by atoms with Gasteiger partial charge >= 0.3 is 0 Å². The zero-order valence-corrected chi connectivity index (χ0v) is 8.73. The van der Waals surface area contributed by atoms with Crippen LogP contribution in [-0.4, -0.2) is 30.8 Å². The molecule has 1 aromatic rings. The maximum absolute atomic E-state index is 6.06. The van der Waals surface area contributed by atoms with Crippen molar-refractivity contribution < 1.29 is 4.74 Å². The largest absolute Gasteiger partial charge is 0.376 e. The number of hydrogen-bond donors (Lipinski definition) is 2. The fourth-order valence-corrected chi connectivity index (χ4v) is 1.77. The van der Waals surface area contributed by atoms with Gasteiger partial charge in [0.15, 0.2) is 0 Å². The third kappa shape index (κ3) is 2.99. The quantitative estimate of drug-likeness (QED) is 0.756. The van der Waals surface area contributed by atoms with E-state index in [4.69, 9.17) is 10.5 Å². The van der Waals surface area contributed by atoms with Crippen molar-refractivity contribution in [3.05, 3.63) is 30.1 Å². The van der Waals surface area contributed by atoms with E-state index in [1.165, 1.54) is 0 Å². The van der Waals surface area contributed by atoms with Gasteiger partial charge in [-0.25, -0.2) is 0 Å². The first-order valence-electron chi connectivity index (χ1n) is 5.35. The molecule has 3 N–H and O–H groups in total. The molecule has 1 saturated heterocycles. The number of hydrogen-bond acceptors (Lipinski definition) is 4. The van der Waals surface area contributed by atoms with Crippen LogP contribution in [0.3, 0.4) is 0 Å². The van der Waals surface area contributed by atoms with Crippen LogP contribution in [0.25, 0.3) is 0 Å². The number of ether oxygens (including phenoxy) is 1. The predicted octanol–water partition coefficient (Wildman–Crippen LogP) is 0.460. The first-order valence-corrected chi connectivity index (χ1v) is 5.35. The van der Waals surface area contributed by atoms with Crippen LogP contribution in [0.2, 0.25) is 0 Å². The molecule has 2 atom stereocenters. The molecule has 2 rings (SSSR count). The second-order valence-electron chi connectivity index (χ2n) is 3.79. The molecule has 1 aromatic heterocycles. The molecule has 2 unspecified atom stereocenters. The summed E-state index contributed by atoms with van der Waals surface area (Å²) < 4.78 is 5.60. The number of nitrogens with zero attached hydrogens (tertiary/aromatic N) is 1. The average molecular weight is 207 g/mol. The van der Waals surface area contributed by atoms with E-state index in [1.54, 1.807) is 6.20 Å². The fraction of sp³-hybridized carbons (Fsp3) is 0.545. The van der Waals surface area contributed by atoms with Crippen LogP contribution in [0.5, 0.6) is 0 Å². The van der Waals surface area contributed by atoms with E-state index in [0.717, 1.165) is 31.8 Å². The summed E-state index contributed by atoms with van der Waals surface area (Å²) in [5, 5.41) is 3.29. The summed E-state index contributed by atoms with van der Waals surface area (Å²) in [5.74, 6) is 0. The Kier molecular flexibility index (Phi) is 3.66. The molecular formula is C11H17N3O. The van der Waals surface area contributed by atoms with E-state index in [0.29, 0.717) is 0 Å². The highest BCUT2D eigenvalue weighted by atomic mass is 16.5. The number of nitrogens with one attached hydrogen (secondary N) is 1. The number of morpholine rings is 1. The Morgan fingerprint density at radius 2 is 2.53 bits per heavy atom. The Morgan fingerprint density at radius 1 is 1.60 bits per heavy atom. The van der Waals surface area contributed by atoms with Crippen LogP contribution in [0.15, 0.2) is 24.4 Å². The molecule has 1 aliphatic heterocycles. The fourth-order valence-electron chi connectivity index (χ4n) is 1.77. The molecule has 15 heavy (non-hydrogen) atoms. The lowest BCUT2D eigenvalue weighted by Crippen LogP contribution is -2.40. The summed E-state index contributed by atoms with van der Waals surface area (Å²) in [4.78, 5) is 4.24. The molecule has 0 amide bonds. The van der Waals surface area contributed by atoms with Gasteiger partial charge in [-0.05, 0) is 18.6 Å². The zero-order chi connectivity index (χ0) is 10.5. The minimum atomic E-state index is -0.0314. The molecule has 82 valence electrons. The van der Waals surface area contributed by atoms with Gasteiger partial charge in [0.2, 0.25) is 0 Å². The second-order valence-corrected chi connectivity index (χ2v) is 3.79. The summed E-state index contributed by atoms with van der Waals surface area (Å²) in [6.07, 6.45) is 2.81. The Balaban J connectivity index is 1.88. The zero-order valence-electron chi connectivity index (χ0n) is 8.73. The van der Waals surface area contributed by atoms with Crippen molar-refractivity contribution in [2.45, 2.75) is 18.6 Å². The minimum absolute atomic E-state index is 0.0314. The molecule has 0 saturated carbocycles. The molecule has 1 fully saturated rings. The van der Waals surface area contributed by atoms with E-state index < -0.39 is 0 Å². The van der Waals surface area contributed by atoms with E-state index in [-0.39, 0.29) is 12.1 Å². The standard InChI is InChI=1S/C11H17N3O/c12-10(11-3-1-2-4-14-11)7-9-8-13-5-6-15-9/h1-4,9-10,13H,5-8,12H2. The summed E-state index contributed by atoms with van der Waals surface area (Å²) in [5.41, 5.74) is 6.99. The van der Waals surface area contributed by atoms with Gasteiger partial charge in [0.25, 0.3) is 0 Å². The SMILES string of the molecule is NC(CC1CNCCO1)c1ccccn1. The number of aromatic nitrogens is 1. The third-order valence-corrected chi connectivity index (χ3v) is 2.59. The van der Waals surface area contributed by atoms with Crippen molar-refractivity contribution in [1.82, 2.24) is 10.3 Å². The number of rotatable bonds is 3. The van der Waals surface area contributed by atoms with Gasteiger partial charge in [-0.2, -0.15) is 0 Å². The first kappa shape index (κ1) is 10.5. The van der Waals surface area contributed by atoms with Crippen LogP contribution < -0.4 is 11.1 Å². The Labute approximate surface area is 89.8 Å². The lowest BCUT2D eigenvalue weighted by molar-refractivity contribution is 0.0193. The Morgan fingerprint density at radius 3 is 3.20 bits per heavy atom. The van der Waals surface area contributed by atoms with Gasteiger partial charge in [0.05, 0.1) is 18.4 Å². The Hall–Kier alpha value is -0.970. The highest BCUT2D eigenvalue weighted by Crippen LogP contribution is 2.15. The van der Waals surface area contributed by atoms with E-state index >= 15 is 0 Å². The summed E-state index contributed by atoms with van der Waals surface area (Å²) in [7, 11) is 0. The van der Waals surface area contributed by atoms with Gasteiger partial charge < -0.3 is 15.8 Å². The van der Waals surface area contributed by atoms with Crippen molar-refractivity contribution in [3.8, 4) is 0 Å². The van der Waals surface area contributed by atoms with E-state index in [9.17, 15) is 0 Å². The molecule has 0 radical (unpaired) electrons. The molecule has 2 heterocycles. The van der Waals surface area contributed by atoms with Gasteiger partial charge in [-0.15, -0.1) is 0 Å². The van der Waals surface area contributed by atoms with Gasteiger partial charge in [-0.3, -0.25) is 4.98 Å². The number of pyridine rings is 1. The molecule has 0 aliphatic carbocycles. The molecule has 4 heteroatoms. The van der Waals surface area contributed by atoms with E-state index in [1.807, 2.05) is 18.2 Å². The maximum Gasteiger partial charge on any atom is 0.0718 e. The normalized spacial score (nSPS) is 23.7. The second kappa shape index (κ2) is 5.21. The maximum atomic E-state index is 6.06. The smallest absolute Gasteiger partial charge is 0.0718 e. The topological polar surface area (TPSA) is 60.2 Å². The van der Waals surface area contributed by atoms with Crippen molar-refractivity contribution in [1.29, 1.82) is 0 Å². The predicted molar refractivity (Wildman–Crippen MR) is 58.4 cm³/mol. The average Bonchev–Trinajstić information content (AvgIpc) is 2.31. The molecule has 1 aliphatic rings. The lowest BCUT2D eigenvalue weighted by Gasteiger charge is -2.25. The van der Waals surface area contributed by atoms with Crippen LogP contribution in [-0.2, 0) is 4.74 Å². The summed E-state index contributed by atoms with van der Waals surface area (Å²) in [6, 6.07) is 5.79. The molecular weight excluding hydrogens is 190 g/mol. The van der Waals surface area contributed by atoms with Crippen molar-refractivity contribution >= 4 is 0 Å². The van der Waals surface area contributed by atoms with E-state index in [2.05, 4.69) is 10.3 Å². The van der Waals surface area contributed by atoms with Crippen molar-refractivity contribution in [2.24, 2.45) is 5.73 Å². The van der Waals surface area contributed by atoms with Crippen LogP contribution >= 0.6 is 0 Å². The van der Waals surface area contributed by atoms with Crippen LogP contribution in [0, 0.1) is 0 Å². The van der Waals surface area contributed by atoms with Crippen molar-refractivity contribution in [2.75, 3.05) is 19.7 Å². The first-order chi connectivity index (χ1) is 7.36. The minimum Gasteiger partial charge on any atom is -0.376 e.